The zero-order valence-electron chi connectivity index (χ0n) is 15.4. The van der Waals surface area contributed by atoms with Gasteiger partial charge in [-0.25, -0.2) is 9.67 Å². The molecule has 148 valence electrons. The first-order chi connectivity index (χ1) is 12.5. The van der Waals surface area contributed by atoms with Crippen LogP contribution < -0.4 is 5.32 Å². The van der Waals surface area contributed by atoms with E-state index in [2.05, 4.69) is 15.4 Å². The van der Waals surface area contributed by atoms with Crippen molar-refractivity contribution < 1.29 is 4.79 Å². The number of halogens is 3. The summed E-state index contributed by atoms with van der Waals surface area (Å²) >= 11 is 12.5. The zero-order valence-corrected chi connectivity index (χ0v) is 17.7. The summed E-state index contributed by atoms with van der Waals surface area (Å²) in [5, 5.41) is 8.50. The van der Waals surface area contributed by atoms with Crippen LogP contribution in [0.25, 0.3) is 5.69 Å². The molecule has 0 aliphatic carbocycles. The molecule has 0 bridgehead atoms. The number of likely N-dealkylation sites (tertiary alicyclic amines) is 1. The molecule has 1 aliphatic rings. The Morgan fingerprint density at radius 3 is 2.48 bits per heavy atom. The number of nitrogens with one attached hydrogen (secondary N) is 1. The summed E-state index contributed by atoms with van der Waals surface area (Å²) in [7, 11) is 1.97. The Labute approximate surface area is 175 Å². The Morgan fingerprint density at radius 1 is 1.26 bits per heavy atom. The number of carbonyl (C=O) groups is 1. The Hall–Kier alpha value is -1.34. The summed E-state index contributed by atoms with van der Waals surface area (Å²) in [6, 6.07) is 5.24. The maximum absolute atomic E-state index is 12.8. The van der Waals surface area contributed by atoms with Crippen molar-refractivity contribution >= 4 is 41.5 Å². The third kappa shape index (κ3) is 4.93. The average Bonchev–Trinajstić information content (AvgIpc) is 3.01. The number of carbonyl (C=O) groups excluding carboxylic acids is 1. The van der Waals surface area contributed by atoms with Crippen LogP contribution in [0.3, 0.4) is 0 Å². The highest BCUT2D eigenvalue weighted by Gasteiger charge is 2.27. The van der Waals surface area contributed by atoms with Crippen LogP contribution in [0.15, 0.2) is 18.2 Å². The third-order valence-corrected chi connectivity index (χ3v) is 5.42. The molecule has 2 aromatic rings. The maximum Gasteiger partial charge on any atom is 0.293 e. The summed E-state index contributed by atoms with van der Waals surface area (Å²) in [6.07, 6.45) is 3.18. The van der Waals surface area contributed by atoms with E-state index in [1.807, 2.05) is 11.9 Å². The predicted molar refractivity (Wildman–Crippen MR) is 111 cm³/mol. The van der Waals surface area contributed by atoms with E-state index in [0.717, 1.165) is 38.9 Å². The smallest absolute Gasteiger partial charge is 0.293 e. The van der Waals surface area contributed by atoms with Gasteiger partial charge in [0.2, 0.25) is 5.82 Å². The number of amides is 1. The Balaban J connectivity index is 0.00000261. The Kier molecular flexibility index (Phi) is 7.91. The van der Waals surface area contributed by atoms with Gasteiger partial charge in [0, 0.05) is 13.1 Å². The molecule has 2 heterocycles. The maximum atomic E-state index is 12.8. The molecule has 0 atom stereocenters. The van der Waals surface area contributed by atoms with Crippen molar-refractivity contribution in [2.75, 3.05) is 26.7 Å². The molecule has 27 heavy (non-hydrogen) atoms. The second kappa shape index (κ2) is 9.73. The van der Waals surface area contributed by atoms with Crippen LogP contribution in [0.2, 0.25) is 10.0 Å². The quantitative estimate of drug-likeness (QED) is 0.781. The number of hydrogen-bond acceptors (Lipinski definition) is 4. The van der Waals surface area contributed by atoms with Crippen LogP contribution in [0.4, 0.5) is 0 Å². The van der Waals surface area contributed by atoms with Crippen LogP contribution in [0.1, 0.15) is 35.7 Å². The average molecular weight is 433 g/mol. The minimum absolute atomic E-state index is 0. The van der Waals surface area contributed by atoms with Gasteiger partial charge in [-0.15, -0.1) is 17.5 Å². The summed E-state index contributed by atoms with van der Waals surface area (Å²) in [5.41, 5.74) is 0.547. The fraction of sp³-hybridized carbons (Fsp3) is 0.500. The van der Waals surface area contributed by atoms with E-state index >= 15 is 0 Å². The molecular weight excluding hydrogens is 409 g/mol. The van der Waals surface area contributed by atoms with Crippen LogP contribution in [-0.2, 0) is 0 Å². The van der Waals surface area contributed by atoms with Crippen molar-refractivity contribution in [3.63, 3.8) is 0 Å². The third-order valence-electron chi connectivity index (χ3n) is 4.81. The van der Waals surface area contributed by atoms with Crippen LogP contribution in [0.5, 0.6) is 0 Å². The highest BCUT2D eigenvalue weighted by molar-refractivity contribution is 6.37. The van der Waals surface area contributed by atoms with Gasteiger partial charge in [-0.3, -0.25) is 4.79 Å². The molecule has 0 radical (unpaired) electrons. The summed E-state index contributed by atoms with van der Waals surface area (Å²) in [6.45, 7) is 4.29. The standard InChI is InChI=1S/C18H23Cl2N5O.ClH/c1-12-22-17(23-25(12)16-14(19)4-3-5-15(16)20)18(26)24-10-7-13(8-11-24)6-9-21-2;/h3-5,13,21H,6-11H2,1-2H3;1H. The first-order valence-electron chi connectivity index (χ1n) is 8.83. The first kappa shape index (κ1) is 22.0. The highest BCUT2D eigenvalue weighted by atomic mass is 35.5. The van der Waals surface area contributed by atoms with Gasteiger partial charge in [-0.2, -0.15) is 0 Å². The van der Waals surface area contributed by atoms with Crippen molar-refractivity contribution in [3.05, 3.63) is 39.9 Å². The molecule has 1 aromatic heterocycles. The molecule has 1 aliphatic heterocycles. The molecule has 6 nitrogen and oxygen atoms in total. The second-order valence-corrected chi connectivity index (χ2v) is 7.41. The molecule has 0 unspecified atom stereocenters. The number of para-hydroxylation sites is 1. The molecular formula is C18H24Cl3N5O. The lowest BCUT2D eigenvalue weighted by atomic mass is 9.93. The molecule has 1 amide bonds. The van der Waals surface area contributed by atoms with E-state index < -0.39 is 0 Å². The van der Waals surface area contributed by atoms with Gasteiger partial charge in [0.15, 0.2) is 0 Å². The monoisotopic (exact) mass is 431 g/mol. The zero-order chi connectivity index (χ0) is 18.7. The molecule has 9 heteroatoms. The number of aromatic nitrogens is 3. The summed E-state index contributed by atoms with van der Waals surface area (Å²) in [5.74, 6) is 1.29. The lowest BCUT2D eigenvalue weighted by Gasteiger charge is -2.31. The normalized spacial score (nSPS) is 14.9. The van der Waals surface area contributed by atoms with Crippen molar-refractivity contribution in [1.29, 1.82) is 0 Å². The largest absolute Gasteiger partial charge is 0.336 e. The van der Waals surface area contributed by atoms with Crippen LogP contribution in [0, 0.1) is 12.8 Å². The minimum Gasteiger partial charge on any atom is -0.336 e. The minimum atomic E-state index is -0.137. The highest BCUT2D eigenvalue weighted by Crippen LogP contribution is 2.29. The molecule has 3 rings (SSSR count). The van der Waals surface area contributed by atoms with Gasteiger partial charge in [0.25, 0.3) is 5.91 Å². The van der Waals surface area contributed by atoms with Crippen molar-refractivity contribution in [2.24, 2.45) is 5.92 Å². The van der Waals surface area contributed by atoms with Crippen molar-refractivity contribution in [1.82, 2.24) is 25.0 Å². The molecule has 1 fully saturated rings. The van der Waals surface area contributed by atoms with E-state index in [0.29, 0.717) is 27.5 Å². The van der Waals surface area contributed by atoms with Gasteiger partial charge in [0.05, 0.1) is 10.0 Å². The molecule has 1 saturated heterocycles. The summed E-state index contributed by atoms with van der Waals surface area (Å²) < 4.78 is 1.54. The summed E-state index contributed by atoms with van der Waals surface area (Å²) in [4.78, 5) is 19.0. The SMILES string of the molecule is CNCCC1CCN(C(=O)c2nc(C)n(-c3c(Cl)cccc3Cl)n2)CC1.Cl. The van der Waals surface area contributed by atoms with E-state index in [1.165, 1.54) is 4.68 Å². The Morgan fingerprint density at radius 2 is 1.89 bits per heavy atom. The molecule has 0 spiro atoms. The fourth-order valence-electron chi connectivity index (χ4n) is 3.30. The van der Waals surface area contributed by atoms with Gasteiger partial charge >= 0.3 is 0 Å². The van der Waals surface area contributed by atoms with Gasteiger partial charge in [0.1, 0.15) is 11.5 Å². The van der Waals surface area contributed by atoms with Crippen LogP contribution >= 0.6 is 35.6 Å². The van der Waals surface area contributed by atoms with E-state index in [-0.39, 0.29) is 24.1 Å². The lowest BCUT2D eigenvalue weighted by molar-refractivity contribution is 0.0675. The van der Waals surface area contributed by atoms with Crippen molar-refractivity contribution in [3.8, 4) is 5.69 Å². The predicted octanol–water partition coefficient (Wildman–Crippen LogP) is 3.77. The lowest BCUT2D eigenvalue weighted by Crippen LogP contribution is -2.39. The number of aryl methyl sites for hydroxylation is 1. The van der Waals surface area contributed by atoms with Gasteiger partial charge in [-0.05, 0) is 57.8 Å². The van der Waals surface area contributed by atoms with Gasteiger partial charge in [-0.1, -0.05) is 29.3 Å². The van der Waals surface area contributed by atoms with E-state index in [4.69, 9.17) is 23.2 Å². The number of piperidine rings is 1. The van der Waals surface area contributed by atoms with Gasteiger partial charge < -0.3 is 10.2 Å². The topological polar surface area (TPSA) is 63.1 Å². The second-order valence-electron chi connectivity index (χ2n) is 6.59. The number of rotatable bonds is 5. The van der Waals surface area contributed by atoms with Crippen LogP contribution in [-0.4, -0.2) is 52.3 Å². The molecule has 1 N–H and O–H groups in total. The number of benzene rings is 1. The first-order valence-corrected chi connectivity index (χ1v) is 9.58. The van der Waals surface area contributed by atoms with E-state index in [9.17, 15) is 4.79 Å². The fourth-order valence-corrected chi connectivity index (χ4v) is 3.86. The Bertz CT molecular complexity index is 767. The van der Waals surface area contributed by atoms with E-state index in [1.54, 1.807) is 25.1 Å². The number of nitrogens with zero attached hydrogens (tertiary/aromatic N) is 4. The molecule has 0 saturated carbocycles. The number of hydrogen-bond donors (Lipinski definition) is 1. The van der Waals surface area contributed by atoms with Crippen molar-refractivity contribution in [2.45, 2.75) is 26.2 Å². The molecule has 1 aromatic carbocycles.